The van der Waals surface area contributed by atoms with Gasteiger partial charge in [0.2, 0.25) is 0 Å². The Labute approximate surface area is 103 Å². The fourth-order valence-electron chi connectivity index (χ4n) is 2.89. The number of fused-ring (bicyclic) bond motifs is 3. The van der Waals surface area contributed by atoms with Gasteiger partial charge in [0, 0.05) is 5.92 Å². The molecule has 86 valence electrons. The van der Waals surface area contributed by atoms with Gasteiger partial charge in [-0.2, -0.15) is 0 Å². The van der Waals surface area contributed by atoms with Crippen molar-refractivity contribution in [1.29, 1.82) is 0 Å². The van der Waals surface area contributed by atoms with Crippen molar-refractivity contribution in [3.05, 3.63) is 53.6 Å². The molecule has 0 N–H and O–H groups in total. The summed E-state index contributed by atoms with van der Waals surface area (Å²) in [5.41, 5.74) is 2.95. The quantitative estimate of drug-likeness (QED) is 0.671. The van der Waals surface area contributed by atoms with Gasteiger partial charge in [-0.15, -0.1) is 0 Å². The molecule has 0 aliphatic heterocycles. The molecule has 0 nitrogen and oxygen atoms in total. The monoisotopic (exact) mass is 222 g/mol. The summed E-state index contributed by atoms with van der Waals surface area (Å²) in [7, 11) is 0. The van der Waals surface area contributed by atoms with Crippen LogP contribution in [0.1, 0.15) is 37.3 Å². The van der Waals surface area contributed by atoms with E-state index in [-0.39, 0.29) is 0 Å². The van der Waals surface area contributed by atoms with Gasteiger partial charge < -0.3 is 0 Å². The van der Waals surface area contributed by atoms with E-state index in [0.717, 1.165) is 5.92 Å². The van der Waals surface area contributed by atoms with Crippen molar-refractivity contribution in [1.82, 2.24) is 0 Å². The number of hydrogen-bond donors (Lipinski definition) is 0. The van der Waals surface area contributed by atoms with E-state index in [1.165, 1.54) is 28.3 Å². The van der Waals surface area contributed by atoms with E-state index in [0.29, 0.717) is 5.92 Å². The smallest absolute Gasteiger partial charge is 0.00358 e. The molecule has 0 aromatic heterocycles. The predicted octanol–water partition coefficient (Wildman–Crippen LogP) is 5.00. The lowest BCUT2D eigenvalue weighted by Crippen LogP contribution is -1.99. The molecule has 17 heavy (non-hydrogen) atoms. The maximum atomic E-state index is 2.37. The number of allylic oxidation sites excluding steroid dienone is 1. The molecule has 1 unspecified atom stereocenters. The Kier molecular flexibility index (Phi) is 2.51. The van der Waals surface area contributed by atoms with E-state index in [9.17, 15) is 0 Å². The molecule has 0 bridgehead atoms. The van der Waals surface area contributed by atoms with Crippen molar-refractivity contribution in [3.8, 4) is 0 Å². The highest BCUT2D eigenvalue weighted by atomic mass is 14.2. The minimum absolute atomic E-state index is 0.607. The van der Waals surface area contributed by atoms with Gasteiger partial charge in [-0.1, -0.05) is 62.4 Å². The molecule has 2 aromatic rings. The summed E-state index contributed by atoms with van der Waals surface area (Å²) in [4.78, 5) is 0. The second-order valence-electron chi connectivity index (χ2n) is 5.38. The summed E-state index contributed by atoms with van der Waals surface area (Å²) in [5, 5.41) is 2.80. The first-order valence-corrected chi connectivity index (χ1v) is 6.45. The Balaban J connectivity index is 2.16. The summed E-state index contributed by atoms with van der Waals surface area (Å²) in [5.74, 6) is 1.35. The van der Waals surface area contributed by atoms with E-state index >= 15 is 0 Å². The molecule has 0 radical (unpaired) electrons. The minimum atomic E-state index is 0.607. The standard InChI is InChI=1S/C17H18/c1-12(2)11-15-10-9-14-8-7-13-5-3-4-6-16(13)17(14)15/h3-10,12,15H,11H2,1-2H3. The molecule has 0 amide bonds. The molecule has 1 aliphatic rings. The zero-order valence-electron chi connectivity index (χ0n) is 10.5. The summed E-state index contributed by atoms with van der Waals surface area (Å²) < 4.78 is 0. The highest BCUT2D eigenvalue weighted by molar-refractivity contribution is 5.91. The van der Waals surface area contributed by atoms with Gasteiger partial charge in [0.15, 0.2) is 0 Å². The molecular weight excluding hydrogens is 204 g/mol. The average Bonchev–Trinajstić information content (AvgIpc) is 2.72. The fraction of sp³-hybridized carbons (Fsp3) is 0.294. The number of rotatable bonds is 2. The molecule has 3 rings (SSSR count). The van der Waals surface area contributed by atoms with Crippen LogP contribution in [0.15, 0.2) is 42.5 Å². The van der Waals surface area contributed by atoms with Gasteiger partial charge in [-0.3, -0.25) is 0 Å². The largest absolute Gasteiger partial charge is 0.0763 e. The second kappa shape index (κ2) is 4.03. The van der Waals surface area contributed by atoms with Crippen molar-refractivity contribution in [3.63, 3.8) is 0 Å². The van der Waals surface area contributed by atoms with Crippen molar-refractivity contribution in [2.24, 2.45) is 5.92 Å². The van der Waals surface area contributed by atoms with E-state index in [1.807, 2.05) is 0 Å². The Morgan fingerprint density at radius 1 is 1.06 bits per heavy atom. The number of benzene rings is 2. The van der Waals surface area contributed by atoms with Crippen LogP contribution in [0.4, 0.5) is 0 Å². The van der Waals surface area contributed by atoms with Crippen LogP contribution < -0.4 is 0 Å². The fourth-order valence-corrected chi connectivity index (χ4v) is 2.89. The van der Waals surface area contributed by atoms with E-state index in [2.05, 4.69) is 62.4 Å². The highest BCUT2D eigenvalue weighted by Crippen LogP contribution is 2.39. The molecule has 1 aliphatic carbocycles. The third-order valence-electron chi connectivity index (χ3n) is 3.61. The van der Waals surface area contributed by atoms with Gasteiger partial charge in [0.25, 0.3) is 0 Å². The van der Waals surface area contributed by atoms with Crippen LogP contribution in [0.3, 0.4) is 0 Å². The van der Waals surface area contributed by atoms with Crippen molar-refractivity contribution in [2.45, 2.75) is 26.2 Å². The lowest BCUT2D eigenvalue weighted by molar-refractivity contribution is 0.555. The van der Waals surface area contributed by atoms with Crippen LogP contribution in [-0.4, -0.2) is 0 Å². The van der Waals surface area contributed by atoms with E-state index in [1.54, 1.807) is 0 Å². The van der Waals surface area contributed by atoms with Gasteiger partial charge in [0.1, 0.15) is 0 Å². The van der Waals surface area contributed by atoms with Crippen LogP contribution >= 0.6 is 0 Å². The summed E-state index contributed by atoms with van der Waals surface area (Å²) in [6.07, 6.45) is 5.91. The molecule has 0 fully saturated rings. The first-order valence-electron chi connectivity index (χ1n) is 6.45. The van der Waals surface area contributed by atoms with Crippen LogP contribution in [0.5, 0.6) is 0 Å². The predicted molar refractivity (Wildman–Crippen MR) is 75.2 cm³/mol. The molecule has 0 heteroatoms. The molecule has 1 atom stereocenters. The third kappa shape index (κ3) is 1.78. The van der Waals surface area contributed by atoms with E-state index in [4.69, 9.17) is 0 Å². The first-order chi connectivity index (χ1) is 8.25. The molecule has 0 heterocycles. The first kappa shape index (κ1) is 10.6. The average molecular weight is 222 g/mol. The van der Waals surface area contributed by atoms with Crippen LogP contribution in [0, 0.1) is 5.92 Å². The SMILES string of the molecule is CC(C)CC1C=Cc2ccc3ccccc3c21. The van der Waals surface area contributed by atoms with Crippen LogP contribution in [-0.2, 0) is 0 Å². The molecule has 0 saturated heterocycles. The van der Waals surface area contributed by atoms with Crippen molar-refractivity contribution < 1.29 is 0 Å². The summed E-state index contributed by atoms with van der Waals surface area (Å²) in [6.45, 7) is 4.61. The van der Waals surface area contributed by atoms with Gasteiger partial charge in [-0.25, -0.2) is 0 Å². The summed E-state index contributed by atoms with van der Waals surface area (Å²) >= 11 is 0. The zero-order valence-corrected chi connectivity index (χ0v) is 10.5. The zero-order chi connectivity index (χ0) is 11.8. The molecule has 2 aromatic carbocycles. The Bertz CT molecular complexity index is 576. The lowest BCUT2D eigenvalue weighted by Gasteiger charge is -2.16. The Morgan fingerprint density at radius 3 is 2.71 bits per heavy atom. The topological polar surface area (TPSA) is 0 Å². The maximum absolute atomic E-state index is 2.37. The normalized spacial score (nSPS) is 17.9. The maximum Gasteiger partial charge on any atom is 0.00358 e. The number of hydrogen-bond acceptors (Lipinski definition) is 0. The Hall–Kier alpha value is -1.56. The molecular formula is C17H18. The van der Waals surface area contributed by atoms with Crippen LogP contribution in [0.2, 0.25) is 0 Å². The van der Waals surface area contributed by atoms with Gasteiger partial charge in [-0.05, 0) is 34.2 Å². The second-order valence-corrected chi connectivity index (χ2v) is 5.38. The summed E-state index contributed by atoms with van der Waals surface area (Å²) in [6, 6.07) is 13.2. The highest BCUT2D eigenvalue weighted by Gasteiger charge is 2.20. The third-order valence-corrected chi connectivity index (χ3v) is 3.61. The van der Waals surface area contributed by atoms with Gasteiger partial charge in [0.05, 0.1) is 0 Å². The lowest BCUT2D eigenvalue weighted by atomic mass is 9.88. The van der Waals surface area contributed by atoms with E-state index < -0.39 is 0 Å². The Morgan fingerprint density at radius 2 is 1.88 bits per heavy atom. The molecule has 0 saturated carbocycles. The van der Waals surface area contributed by atoms with Gasteiger partial charge >= 0.3 is 0 Å². The van der Waals surface area contributed by atoms with Crippen molar-refractivity contribution >= 4 is 16.8 Å². The molecule has 0 spiro atoms. The minimum Gasteiger partial charge on any atom is -0.0763 e. The van der Waals surface area contributed by atoms with Crippen LogP contribution in [0.25, 0.3) is 16.8 Å². The van der Waals surface area contributed by atoms with Crippen molar-refractivity contribution in [2.75, 3.05) is 0 Å².